The number of hydrogen-bond acceptors (Lipinski definition) is 7. The second kappa shape index (κ2) is 5.42. The molecule has 0 atom stereocenters. The number of benzene rings is 1. The monoisotopic (exact) mass is 267 g/mol. The van der Waals surface area contributed by atoms with E-state index in [2.05, 4.69) is 9.97 Å². The number of nitriles is 2. The van der Waals surface area contributed by atoms with Gasteiger partial charge in [0.1, 0.15) is 11.8 Å². The summed E-state index contributed by atoms with van der Waals surface area (Å²) in [7, 11) is 0. The lowest BCUT2D eigenvalue weighted by atomic mass is 10.2. The molecular formula is C12H5N5O3. The molecule has 0 amide bonds. The minimum absolute atomic E-state index is 0.0753. The minimum atomic E-state index is -0.676. The summed E-state index contributed by atoms with van der Waals surface area (Å²) in [6.07, 6.45) is 1.30. The maximum Gasteiger partial charge on any atom is 0.323 e. The molecule has 0 unspecified atom stereocenters. The first-order chi connectivity index (χ1) is 9.63. The van der Waals surface area contributed by atoms with Gasteiger partial charge in [-0.15, -0.1) is 0 Å². The zero-order valence-corrected chi connectivity index (χ0v) is 9.85. The normalized spacial score (nSPS) is 9.30. The van der Waals surface area contributed by atoms with Crippen molar-refractivity contribution in [3.63, 3.8) is 0 Å². The van der Waals surface area contributed by atoms with E-state index in [1.165, 1.54) is 24.4 Å². The summed E-state index contributed by atoms with van der Waals surface area (Å²) >= 11 is 0. The number of rotatable bonds is 3. The fourth-order valence-electron chi connectivity index (χ4n) is 1.37. The van der Waals surface area contributed by atoms with Gasteiger partial charge in [-0.25, -0.2) is 4.98 Å². The lowest BCUT2D eigenvalue weighted by Gasteiger charge is -2.04. The summed E-state index contributed by atoms with van der Waals surface area (Å²) in [6.45, 7) is 0. The van der Waals surface area contributed by atoms with Crippen LogP contribution < -0.4 is 4.74 Å². The lowest BCUT2D eigenvalue weighted by molar-refractivity contribution is -0.385. The largest absolute Gasteiger partial charge is 0.417 e. The molecule has 0 N–H and O–H groups in total. The maximum atomic E-state index is 10.9. The molecule has 0 bridgehead atoms. The first-order valence-electron chi connectivity index (χ1n) is 5.23. The Bertz CT molecular complexity index is 760. The van der Waals surface area contributed by atoms with Crippen molar-refractivity contribution >= 4 is 5.69 Å². The molecule has 96 valence electrons. The van der Waals surface area contributed by atoms with E-state index in [4.69, 9.17) is 15.3 Å². The Labute approximate surface area is 112 Å². The molecule has 1 aromatic heterocycles. The van der Waals surface area contributed by atoms with Gasteiger partial charge in [0.05, 0.1) is 16.6 Å². The van der Waals surface area contributed by atoms with Gasteiger partial charge in [-0.2, -0.15) is 15.5 Å². The molecule has 8 nitrogen and oxygen atoms in total. The van der Waals surface area contributed by atoms with Gasteiger partial charge in [0.25, 0.3) is 0 Å². The summed E-state index contributed by atoms with van der Waals surface area (Å²) in [5, 5.41) is 28.3. The Morgan fingerprint density at radius 3 is 2.70 bits per heavy atom. The molecule has 20 heavy (non-hydrogen) atoms. The number of hydrogen-bond donors (Lipinski definition) is 0. The summed E-state index contributed by atoms with van der Waals surface area (Å²) in [4.78, 5) is 17.8. The predicted octanol–water partition coefficient (Wildman–Crippen LogP) is 1.92. The molecular weight excluding hydrogens is 262 g/mol. The zero-order chi connectivity index (χ0) is 14.5. The van der Waals surface area contributed by atoms with Crippen LogP contribution in [0.15, 0.2) is 30.5 Å². The van der Waals surface area contributed by atoms with E-state index in [-0.39, 0.29) is 28.7 Å². The molecule has 0 fully saturated rings. The van der Waals surface area contributed by atoms with Crippen LogP contribution in [0.1, 0.15) is 11.3 Å². The van der Waals surface area contributed by atoms with Crippen LogP contribution in [0.4, 0.5) is 5.69 Å². The van der Waals surface area contributed by atoms with Gasteiger partial charge >= 0.3 is 11.7 Å². The van der Waals surface area contributed by atoms with Crippen LogP contribution in [-0.4, -0.2) is 14.9 Å². The first kappa shape index (κ1) is 12.9. The highest BCUT2D eigenvalue weighted by molar-refractivity contribution is 5.52. The third kappa shape index (κ3) is 2.66. The highest BCUT2D eigenvalue weighted by atomic mass is 16.6. The lowest BCUT2D eigenvalue weighted by Crippen LogP contribution is -1.97. The van der Waals surface area contributed by atoms with E-state index in [1.807, 2.05) is 0 Å². The Kier molecular flexibility index (Phi) is 3.50. The number of nitro groups is 1. The van der Waals surface area contributed by atoms with E-state index < -0.39 is 4.92 Å². The summed E-state index contributed by atoms with van der Waals surface area (Å²) in [5.74, 6) is -0.107. The second-order valence-corrected chi connectivity index (χ2v) is 3.49. The number of ether oxygens (including phenoxy) is 1. The van der Waals surface area contributed by atoms with Crippen molar-refractivity contribution in [2.75, 3.05) is 0 Å². The molecule has 1 heterocycles. The quantitative estimate of drug-likeness (QED) is 0.614. The third-order valence-corrected chi connectivity index (χ3v) is 2.23. The molecule has 0 saturated carbocycles. The minimum Gasteiger partial charge on any atom is -0.417 e. The first-order valence-corrected chi connectivity index (χ1v) is 5.23. The van der Waals surface area contributed by atoms with Crippen molar-refractivity contribution < 1.29 is 9.66 Å². The topological polar surface area (TPSA) is 126 Å². The van der Waals surface area contributed by atoms with E-state index in [9.17, 15) is 10.1 Å². The summed E-state index contributed by atoms with van der Waals surface area (Å²) in [6, 6.07) is 8.52. The van der Waals surface area contributed by atoms with Crippen LogP contribution in [0.3, 0.4) is 0 Å². The molecule has 0 aliphatic carbocycles. The molecule has 0 aliphatic heterocycles. The Hall–Kier alpha value is -3.52. The average Bonchev–Trinajstić information content (AvgIpc) is 2.47. The Morgan fingerprint density at radius 2 is 2.05 bits per heavy atom. The molecule has 1 aromatic carbocycles. The Morgan fingerprint density at radius 1 is 1.25 bits per heavy atom. The van der Waals surface area contributed by atoms with Gasteiger partial charge in [-0.3, -0.25) is 10.1 Å². The molecule has 0 radical (unpaired) electrons. The highest BCUT2D eigenvalue weighted by Gasteiger charge is 2.17. The predicted molar refractivity (Wildman–Crippen MR) is 64.6 cm³/mol. The van der Waals surface area contributed by atoms with E-state index in [1.54, 1.807) is 12.1 Å². The van der Waals surface area contributed by atoms with Crippen LogP contribution in [0, 0.1) is 32.8 Å². The average molecular weight is 267 g/mol. The standard InChI is InChI=1S/C12H5N5O3/c13-6-8-1-2-11(10(5-8)17(18)19)20-12-15-4-3-9(7-14)16-12/h1-5H. The SMILES string of the molecule is N#Cc1ccc(Oc2nccc(C#N)n2)c([N+](=O)[O-])c1. The third-order valence-electron chi connectivity index (χ3n) is 2.23. The van der Waals surface area contributed by atoms with E-state index in [0.717, 1.165) is 6.07 Å². The molecule has 0 aliphatic rings. The molecule has 8 heteroatoms. The van der Waals surface area contributed by atoms with Crippen LogP contribution in [0.2, 0.25) is 0 Å². The molecule has 0 spiro atoms. The van der Waals surface area contributed by atoms with Gasteiger partial charge in [-0.1, -0.05) is 0 Å². The highest BCUT2D eigenvalue weighted by Crippen LogP contribution is 2.30. The van der Waals surface area contributed by atoms with Crippen molar-refractivity contribution in [3.8, 4) is 23.9 Å². The number of nitrogens with zero attached hydrogens (tertiary/aromatic N) is 5. The van der Waals surface area contributed by atoms with E-state index in [0.29, 0.717) is 0 Å². The van der Waals surface area contributed by atoms with Gasteiger partial charge in [0, 0.05) is 12.3 Å². The van der Waals surface area contributed by atoms with Crippen LogP contribution in [0.25, 0.3) is 0 Å². The van der Waals surface area contributed by atoms with Crippen LogP contribution >= 0.6 is 0 Å². The Balaban J connectivity index is 2.41. The number of aromatic nitrogens is 2. The summed E-state index contributed by atoms with van der Waals surface area (Å²) < 4.78 is 5.19. The van der Waals surface area contributed by atoms with Crippen LogP contribution in [-0.2, 0) is 0 Å². The van der Waals surface area contributed by atoms with Crippen molar-refractivity contribution in [1.29, 1.82) is 10.5 Å². The van der Waals surface area contributed by atoms with Crippen LogP contribution in [0.5, 0.6) is 11.8 Å². The smallest absolute Gasteiger partial charge is 0.323 e. The molecule has 0 saturated heterocycles. The summed E-state index contributed by atoms with van der Waals surface area (Å²) in [5.41, 5.74) is -0.169. The van der Waals surface area contributed by atoms with Gasteiger partial charge < -0.3 is 4.74 Å². The van der Waals surface area contributed by atoms with E-state index >= 15 is 0 Å². The van der Waals surface area contributed by atoms with Crippen molar-refractivity contribution in [2.24, 2.45) is 0 Å². The maximum absolute atomic E-state index is 10.9. The van der Waals surface area contributed by atoms with Crippen molar-refractivity contribution in [1.82, 2.24) is 9.97 Å². The molecule has 2 aromatic rings. The van der Waals surface area contributed by atoms with Crippen molar-refractivity contribution in [2.45, 2.75) is 0 Å². The van der Waals surface area contributed by atoms with Gasteiger partial charge in [-0.05, 0) is 18.2 Å². The van der Waals surface area contributed by atoms with Gasteiger partial charge in [0.2, 0.25) is 5.75 Å². The second-order valence-electron chi connectivity index (χ2n) is 3.49. The zero-order valence-electron chi connectivity index (χ0n) is 9.85. The fourth-order valence-corrected chi connectivity index (χ4v) is 1.37. The van der Waals surface area contributed by atoms with Gasteiger partial charge in [0.15, 0.2) is 0 Å². The fraction of sp³-hybridized carbons (Fsp3) is 0. The number of nitro benzene ring substituents is 1. The molecule has 2 rings (SSSR count). The van der Waals surface area contributed by atoms with Crippen molar-refractivity contribution in [3.05, 3.63) is 51.8 Å².